The average molecular weight is 285 g/mol. The molecule has 0 bridgehead atoms. The molecule has 0 atom stereocenters. The van der Waals surface area contributed by atoms with Crippen LogP contribution in [0.2, 0.25) is 0 Å². The van der Waals surface area contributed by atoms with Crippen LogP contribution in [0.25, 0.3) is 11.0 Å². The number of aryl methyl sites for hydroxylation is 1. The van der Waals surface area contributed by atoms with Gasteiger partial charge in [0, 0.05) is 12.6 Å². The zero-order valence-corrected chi connectivity index (χ0v) is 12.9. The summed E-state index contributed by atoms with van der Waals surface area (Å²) in [6, 6.07) is 8.13. The van der Waals surface area contributed by atoms with Crippen molar-refractivity contribution in [1.82, 2.24) is 9.55 Å². The monoisotopic (exact) mass is 285 g/mol. The van der Waals surface area contributed by atoms with E-state index in [1.165, 1.54) is 25.7 Å². The second-order valence-electron chi connectivity index (χ2n) is 5.28. The lowest BCUT2D eigenvalue weighted by atomic mass is 10.1. The molecule has 0 radical (unpaired) electrons. The summed E-state index contributed by atoms with van der Waals surface area (Å²) in [6.45, 7) is 3.16. The summed E-state index contributed by atoms with van der Waals surface area (Å²) in [5.41, 5.74) is 2.00. The molecule has 21 heavy (non-hydrogen) atoms. The number of benzene rings is 1. The molecule has 2 aromatic rings. The van der Waals surface area contributed by atoms with Crippen molar-refractivity contribution in [1.29, 1.82) is 5.26 Å². The number of hydrogen-bond acceptors (Lipinski definition) is 3. The highest BCUT2D eigenvalue weighted by atomic mass is 16.5. The molecule has 0 aliphatic heterocycles. The molecule has 112 valence electrons. The molecule has 0 spiro atoms. The summed E-state index contributed by atoms with van der Waals surface area (Å²) >= 11 is 0. The minimum atomic E-state index is 0.353. The van der Waals surface area contributed by atoms with E-state index in [0.29, 0.717) is 6.42 Å². The smallest absolute Gasteiger partial charge is 0.124 e. The largest absolute Gasteiger partial charge is 0.497 e. The van der Waals surface area contributed by atoms with Crippen LogP contribution in [0.4, 0.5) is 0 Å². The van der Waals surface area contributed by atoms with Gasteiger partial charge < -0.3 is 9.30 Å². The van der Waals surface area contributed by atoms with Crippen LogP contribution in [0, 0.1) is 11.3 Å². The summed E-state index contributed by atoms with van der Waals surface area (Å²) in [5, 5.41) is 8.98. The molecular formula is C17H23N3O. The van der Waals surface area contributed by atoms with Gasteiger partial charge in [-0.1, -0.05) is 32.6 Å². The van der Waals surface area contributed by atoms with E-state index in [1.807, 2.05) is 18.2 Å². The molecule has 2 rings (SSSR count). The van der Waals surface area contributed by atoms with Gasteiger partial charge in [0.05, 0.1) is 30.6 Å². The van der Waals surface area contributed by atoms with Gasteiger partial charge in [-0.2, -0.15) is 5.26 Å². The van der Waals surface area contributed by atoms with Crippen molar-refractivity contribution < 1.29 is 4.74 Å². The van der Waals surface area contributed by atoms with Crippen LogP contribution < -0.4 is 4.74 Å². The van der Waals surface area contributed by atoms with Gasteiger partial charge in [0.15, 0.2) is 0 Å². The Morgan fingerprint density at radius 3 is 2.76 bits per heavy atom. The SMILES string of the molecule is CCCCCCCn1c(CC#N)nc2cc(OC)ccc21. The van der Waals surface area contributed by atoms with Gasteiger partial charge >= 0.3 is 0 Å². The maximum Gasteiger partial charge on any atom is 0.124 e. The molecule has 1 aromatic carbocycles. The highest BCUT2D eigenvalue weighted by molar-refractivity contribution is 5.77. The second kappa shape index (κ2) is 7.68. The molecule has 0 aliphatic carbocycles. The Bertz CT molecular complexity index is 625. The first-order chi connectivity index (χ1) is 10.3. The Kier molecular flexibility index (Phi) is 5.62. The van der Waals surface area contributed by atoms with Gasteiger partial charge in [-0.15, -0.1) is 0 Å². The molecule has 0 N–H and O–H groups in total. The lowest BCUT2D eigenvalue weighted by molar-refractivity contribution is 0.415. The Balaban J connectivity index is 2.18. The van der Waals surface area contributed by atoms with Crippen molar-refractivity contribution in [3.05, 3.63) is 24.0 Å². The number of imidazole rings is 1. The lowest BCUT2D eigenvalue weighted by Gasteiger charge is -2.07. The van der Waals surface area contributed by atoms with Crippen LogP contribution in [0.1, 0.15) is 44.9 Å². The fraction of sp³-hybridized carbons (Fsp3) is 0.529. The molecule has 4 heteroatoms. The predicted molar refractivity (Wildman–Crippen MR) is 84.4 cm³/mol. The highest BCUT2D eigenvalue weighted by Crippen LogP contribution is 2.22. The Morgan fingerprint density at radius 2 is 2.05 bits per heavy atom. The highest BCUT2D eigenvalue weighted by Gasteiger charge is 2.11. The van der Waals surface area contributed by atoms with Crippen molar-refractivity contribution in [3.8, 4) is 11.8 Å². The lowest BCUT2D eigenvalue weighted by Crippen LogP contribution is -2.03. The third-order valence-electron chi connectivity index (χ3n) is 3.76. The summed E-state index contributed by atoms with van der Waals surface area (Å²) in [7, 11) is 1.65. The Labute approximate surface area is 126 Å². The summed E-state index contributed by atoms with van der Waals surface area (Å²) in [4.78, 5) is 4.59. The maximum absolute atomic E-state index is 8.98. The predicted octanol–water partition coefficient (Wildman–Crippen LogP) is 4.08. The number of rotatable bonds is 8. The van der Waals surface area contributed by atoms with Crippen LogP contribution >= 0.6 is 0 Å². The van der Waals surface area contributed by atoms with Gasteiger partial charge in [0.2, 0.25) is 0 Å². The van der Waals surface area contributed by atoms with Crippen LogP contribution in [0.3, 0.4) is 0 Å². The number of hydrogen-bond donors (Lipinski definition) is 0. The molecule has 0 unspecified atom stereocenters. The van der Waals surface area contributed by atoms with Gasteiger partial charge in [-0.25, -0.2) is 4.98 Å². The topological polar surface area (TPSA) is 50.8 Å². The molecule has 0 aliphatic rings. The van der Waals surface area contributed by atoms with E-state index in [9.17, 15) is 0 Å². The number of nitrogens with zero attached hydrogens (tertiary/aromatic N) is 3. The van der Waals surface area contributed by atoms with Crippen molar-refractivity contribution >= 4 is 11.0 Å². The summed E-state index contributed by atoms with van der Waals surface area (Å²) < 4.78 is 7.43. The number of unbranched alkanes of at least 4 members (excludes halogenated alkanes) is 4. The molecule has 4 nitrogen and oxygen atoms in total. The molecule has 0 fully saturated rings. The van der Waals surface area contributed by atoms with Crippen LogP contribution in [-0.4, -0.2) is 16.7 Å². The minimum Gasteiger partial charge on any atom is -0.497 e. The Hall–Kier alpha value is -2.02. The molecule has 1 heterocycles. The van der Waals surface area contributed by atoms with E-state index in [-0.39, 0.29) is 0 Å². The van der Waals surface area contributed by atoms with E-state index in [0.717, 1.165) is 35.6 Å². The maximum atomic E-state index is 8.98. The van der Waals surface area contributed by atoms with Gasteiger partial charge in [-0.3, -0.25) is 0 Å². The van der Waals surface area contributed by atoms with Gasteiger partial charge in [0.1, 0.15) is 11.6 Å². The molecule has 1 aromatic heterocycles. The number of methoxy groups -OCH3 is 1. The third kappa shape index (κ3) is 3.75. The van der Waals surface area contributed by atoms with Crippen LogP contribution in [0.5, 0.6) is 5.75 Å². The second-order valence-corrected chi connectivity index (χ2v) is 5.28. The average Bonchev–Trinajstić information content (AvgIpc) is 2.84. The van der Waals surface area contributed by atoms with Crippen molar-refractivity contribution in [2.45, 2.75) is 52.0 Å². The van der Waals surface area contributed by atoms with Crippen molar-refractivity contribution in [2.75, 3.05) is 7.11 Å². The Morgan fingerprint density at radius 1 is 1.24 bits per heavy atom. The fourth-order valence-corrected chi connectivity index (χ4v) is 2.62. The third-order valence-corrected chi connectivity index (χ3v) is 3.76. The van der Waals surface area contributed by atoms with Crippen LogP contribution in [0.15, 0.2) is 18.2 Å². The molecule has 0 saturated heterocycles. The minimum absolute atomic E-state index is 0.353. The first-order valence-electron chi connectivity index (χ1n) is 7.70. The van der Waals surface area contributed by atoms with E-state index in [2.05, 4.69) is 22.5 Å². The van der Waals surface area contributed by atoms with Crippen molar-refractivity contribution in [3.63, 3.8) is 0 Å². The van der Waals surface area contributed by atoms with E-state index < -0.39 is 0 Å². The van der Waals surface area contributed by atoms with E-state index in [1.54, 1.807) is 7.11 Å². The number of aromatic nitrogens is 2. The van der Waals surface area contributed by atoms with E-state index >= 15 is 0 Å². The van der Waals surface area contributed by atoms with E-state index in [4.69, 9.17) is 10.00 Å². The van der Waals surface area contributed by atoms with Crippen molar-refractivity contribution in [2.24, 2.45) is 0 Å². The van der Waals surface area contributed by atoms with Crippen LogP contribution in [-0.2, 0) is 13.0 Å². The fourth-order valence-electron chi connectivity index (χ4n) is 2.62. The molecule has 0 saturated carbocycles. The number of nitriles is 1. The molecular weight excluding hydrogens is 262 g/mol. The quantitative estimate of drug-likeness (QED) is 0.687. The standard InChI is InChI=1S/C17H23N3O/c1-3-4-5-6-7-12-20-16-9-8-14(21-2)13-15(16)19-17(20)10-11-18/h8-9,13H,3-7,10,12H2,1-2H3. The normalized spacial score (nSPS) is 10.7. The summed E-state index contributed by atoms with van der Waals surface area (Å²) in [5.74, 6) is 1.66. The summed E-state index contributed by atoms with van der Waals surface area (Å²) in [6.07, 6.45) is 6.56. The first-order valence-corrected chi connectivity index (χ1v) is 7.70. The van der Waals surface area contributed by atoms with Gasteiger partial charge in [-0.05, 0) is 18.6 Å². The first kappa shape index (κ1) is 15.4. The van der Waals surface area contributed by atoms with Gasteiger partial charge in [0.25, 0.3) is 0 Å². The zero-order chi connectivity index (χ0) is 15.1. The number of fused-ring (bicyclic) bond motifs is 1. The number of ether oxygens (including phenoxy) is 1. The zero-order valence-electron chi connectivity index (χ0n) is 12.9. The molecule has 0 amide bonds.